The van der Waals surface area contributed by atoms with Crippen LogP contribution < -0.4 is 14.5 Å². The molecule has 4 aromatic carbocycles. The van der Waals surface area contributed by atoms with E-state index < -0.39 is 46.8 Å². The normalized spacial score (nSPS) is 27.5. The first-order chi connectivity index (χ1) is 23.7. The quantitative estimate of drug-likeness (QED) is 0.172. The minimum atomic E-state index is -1.44. The van der Waals surface area contributed by atoms with Gasteiger partial charge >= 0.3 is 0 Å². The number of ether oxygens (including phenoxy) is 1. The van der Waals surface area contributed by atoms with Crippen LogP contribution in [0.1, 0.15) is 29.9 Å². The summed E-state index contributed by atoms with van der Waals surface area (Å²) in [5.74, 6) is -4.83. The van der Waals surface area contributed by atoms with Crippen molar-refractivity contribution in [3.05, 3.63) is 129 Å². The molecule has 0 bridgehead atoms. The lowest BCUT2D eigenvalue weighted by atomic mass is 9.49. The second-order valence-corrected chi connectivity index (χ2v) is 14.3. The van der Waals surface area contributed by atoms with Gasteiger partial charge in [0.15, 0.2) is 11.5 Å². The average molecular weight is 738 g/mol. The third-order valence-corrected chi connectivity index (χ3v) is 11.6. The highest BCUT2D eigenvalue weighted by atomic mass is 79.9. The van der Waals surface area contributed by atoms with Gasteiger partial charge in [-0.25, -0.2) is 4.90 Å². The van der Waals surface area contributed by atoms with Gasteiger partial charge in [0.05, 0.1) is 46.1 Å². The van der Waals surface area contributed by atoms with Crippen molar-refractivity contribution in [3.8, 4) is 11.5 Å². The highest BCUT2D eigenvalue weighted by molar-refractivity contribution is 9.10. The van der Waals surface area contributed by atoms with Crippen molar-refractivity contribution in [1.82, 2.24) is 0 Å². The van der Waals surface area contributed by atoms with Crippen molar-refractivity contribution in [2.24, 2.45) is 23.7 Å². The largest absolute Gasteiger partial charge is 0.503 e. The summed E-state index contributed by atoms with van der Waals surface area (Å²) < 4.78 is 5.93. The van der Waals surface area contributed by atoms with Crippen molar-refractivity contribution in [3.63, 3.8) is 0 Å². The highest BCUT2D eigenvalue weighted by Crippen LogP contribution is 2.65. The first-order valence-electron chi connectivity index (χ1n) is 16.1. The van der Waals surface area contributed by atoms with Gasteiger partial charge in [-0.15, -0.1) is 0 Å². The minimum absolute atomic E-state index is 0.106. The fraction of sp³-hybridized carbons (Fsp3) is 0.231. The maximum absolute atomic E-state index is 15.3. The molecule has 246 valence electrons. The lowest BCUT2D eigenvalue weighted by molar-refractivity contribution is -0.127. The second kappa shape index (κ2) is 11.7. The van der Waals surface area contributed by atoms with Crippen LogP contribution in [0.4, 0.5) is 11.4 Å². The van der Waals surface area contributed by atoms with E-state index in [1.165, 1.54) is 16.9 Å². The molecule has 4 amide bonds. The SMILES string of the molecule is COc1cc([C@H]2C3=CC[C@@H]4C(=O)N(c5ccccc5)C(=O)[C@@H]4[C@@H]3C[C@H]3C(=O)N(c4cccc(Cl)c4)C(=O)[C@@]23c2ccccc2)cc(Br)c1O. The number of hydrogen-bond donors (Lipinski definition) is 1. The Morgan fingerprint density at radius 2 is 1.51 bits per heavy atom. The number of aromatic hydroxyl groups is 1. The topological polar surface area (TPSA) is 104 Å². The monoisotopic (exact) mass is 736 g/mol. The van der Waals surface area contributed by atoms with Gasteiger partial charge in [0, 0.05) is 10.9 Å². The summed E-state index contributed by atoms with van der Waals surface area (Å²) in [6.07, 6.45) is 2.48. The number of halogens is 2. The van der Waals surface area contributed by atoms with Crippen molar-refractivity contribution in [1.29, 1.82) is 0 Å². The summed E-state index contributed by atoms with van der Waals surface area (Å²) in [6, 6.07) is 28.3. The van der Waals surface area contributed by atoms with Gasteiger partial charge in [-0.1, -0.05) is 77.8 Å². The molecular formula is C39H30BrClN2O6. The molecule has 10 heteroatoms. The van der Waals surface area contributed by atoms with Gasteiger partial charge in [0.1, 0.15) is 0 Å². The Hall–Kier alpha value is -4.73. The molecule has 2 aliphatic carbocycles. The van der Waals surface area contributed by atoms with Gasteiger partial charge in [-0.3, -0.25) is 24.1 Å². The Kier molecular flexibility index (Phi) is 7.53. The highest BCUT2D eigenvalue weighted by Gasteiger charge is 2.70. The summed E-state index contributed by atoms with van der Waals surface area (Å²) in [7, 11) is 1.45. The summed E-state index contributed by atoms with van der Waals surface area (Å²) in [4.78, 5) is 61.0. The summed E-state index contributed by atoms with van der Waals surface area (Å²) in [5, 5.41) is 11.2. The van der Waals surface area contributed by atoms with E-state index in [-0.39, 0.29) is 29.7 Å². The number of phenols is 1. The number of allylic oxidation sites excluding steroid dienone is 2. The van der Waals surface area contributed by atoms with E-state index in [4.69, 9.17) is 16.3 Å². The third kappa shape index (κ3) is 4.48. The van der Waals surface area contributed by atoms with Crippen LogP contribution in [-0.2, 0) is 24.6 Å². The first-order valence-corrected chi connectivity index (χ1v) is 17.2. The standard InChI is InChI=1S/C39H30BrClN2O6/c1-49-31-18-21(17-30(40)34(31)44)33-26-15-16-27-32(37(47)42(35(27)45)24-12-6-3-7-13-24)28(26)20-29-36(46)43(25-14-8-11-23(41)19-25)38(48)39(29,33)22-9-4-2-5-10-22/h2-15,17-19,27-29,32-33,44H,16,20H2,1H3/t27-,28+,29-,32-,33-,39+/m0/s1. The van der Waals surface area contributed by atoms with Crippen LogP contribution in [-0.4, -0.2) is 35.8 Å². The maximum atomic E-state index is 15.3. The molecule has 1 N–H and O–H groups in total. The van der Waals surface area contributed by atoms with Crippen LogP contribution in [0, 0.1) is 23.7 Å². The zero-order chi connectivity index (χ0) is 34.2. The molecule has 0 aromatic heterocycles. The predicted molar refractivity (Wildman–Crippen MR) is 187 cm³/mol. The molecule has 8 rings (SSSR count). The van der Waals surface area contributed by atoms with Crippen molar-refractivity contribution in [2.75, 3.05) is 16.9 Å². The molecule has 4 aromatic rings. The van der Waals surface area contributed by atoms with Crippen molar-refractivity contribution < 1.29 is 29.0 Å². The molecule has 49 heavy (non-hydrogen) atoms. The maximum Gasteiger partial charge on any atom is 0.246 e. The molecule has 2 saturated heterocycles. The van der Waals surface area contributed by atoms with Crippen LogP contribution in [0.2, 0.25) is 5.02 Å². The molecule has 6 atom stereocenters. The number of para-hydroxylation sites is 1. The Morgan fingerprint density at radius 3 is 2.20 bits per heavy atom. The number of amides is 4. The molecule has 0 unspecified atom stereocenters. The Balaban J connectivity index is 1.38. The summed E-state index contributed by atoms with van der Waals surface area (Å²) in [5.41, 5.74) is 1.50. The van der Waals surface area contributed by atoms with Crippen LogP contribution in [0.15, 0.2) is 113 Å². The van der Waals surface area contributed by atoms with E-state index in [9.17, 15) is 19.5 Å². The molecule has 1 saturated carbocycles. The number of rotatable bonds is 5. The van der Waals surface area contributed by atoms with Crippen LogP contribution >= 0.6 is 27.5 Å². The van der Waals surface area contributed by atoms with Gasteiger partial charge in [0.25, 0.3) is 0 Å². The molecular weight excluding hydrogens is 708 g/mol. The second-order valence-electron chi connectivity index (χ2n) is 13.0. The van der Waals surface area contributed by atoms with E-state index in [0.29, 0.717) is 38.4 Å². The van der Waals surface area contributed by atoms with E-state index in [1.54, 1.807) is 60.7 Å². The third-order valence-electron chi connectivity index (χ3n) is 10.8. The molecule has 2 aliphatic heterocycles. The van der Waals surface area contributed by atoms with Crippen molar-refractivity contribution in [2.45, 2.75) is 24.2 Å². The zero-order valence-corrected chi connectivity index (χ0v) is 28.6. The van der Waals surface area contributed by atoms with Crippen LogP contribution in [0.5, 0.6) is 11.5 Å². The number of imide groups is 2. The smallest absolute Gasteiger partial charge is 0.246 e. The molecule has 4 aliphatic rings. The average Bonchev–Trinajstić information content (AvgIpc) is 3.50. The van der Waals surface area contributed by atoms with E-state index in [1.807, 2.05) is 42.5 Å². The number of carbonyl (C=O) groups is 4. The zero-order valence-electron chi connectivity index (χ0n) is 26.3. The number of hydrogen-bond acceptors (Lipinski definition) is 6. The fourth-order valence-electron chi connectivity index (χ4n) is 8.87. The van der Waals surface area contributed by atoms with E-state index in [0.717, 1.165) is 5.57 Å². The van der Waals surface area contributed by atoms with E-state index >= 15 is 4.79 Å². The molecule has 0 spiro atoms. The summed E-state index contributed by atoms with van der Waals surface area (Å²) >= 11 is 9.88. The van der Waals surface area contributed by atoms with Crippen LogP contribution in [0.3, 0.4) is 0 Å². The molecule has 2 heterocycles. The van der Waals surface area contributed by atoms with Gasteiger partial charge in [-0.2, -0.15) is 0 Å². The number of methoxy groups -OCH3 is 1. The fourth-order valence-corrected chi connectivity index (χ4v) is 9.51. The van der Waals surface area contributed by atoms with Gasteiger partial charge in [0.2, 0.25) is 23.6 Å². The lowest BCUT2D eigenvalue weighted by Crippen LogP contribution is -2.53. The predicted octanol–water partition coefficient (Wildman–Crippen LogP) is 7.18. The number of phenolic OH excluding ortho intramolecular Hbond substituents is 1. The van der Waals surface area contributed by atoms with Gasteiger partial charge < -0.3 is 9.84 Å². The molecule has 3 fully saturated rings. The van der Waals surface area contributed by atoms with E-state index in [2.05, 4.69) is 15.9 Å². The van der Waals surface area contributed by atoms with Crippen molar-refractivity contribution >= 4 is 62.5 Å². The number of benzene rings is 4. The Labute approximate surface area is 296 Å². The lowest BCUT2D eigenvalue weighted by Gasteiger charge is -2.50. The minimum Gasteiger partial charge on any atom is -0.503 e. The number of fused-ring (bicyclic) bond motifs is 4. The van der Waals surface area contributed by atoms with Crippen LogP contribution in [0.25, 0.3) is 0 Å². The Morgan fingerprint density at radius 1 is 0.816 bits per heavy atom. The molecule has 0 radical (unpaired) electrons. The summed E-state index contributed by atoms with van der Waals surface area (Å²) in [6.45, 7) is 0. The molecule has 8 nitrogen and oxygen atoms in total. The number of nitrogens with zero attached hydrogens (tertiary/aromatic N) is 2. The number of anilines is 2. The van der Waals surface area contributed by atoms with Gasteiger partial charge in [-0.05, 0) is 88.3 Å². The number of carbonyl (C=O) groups excluding carboxylic acids is 4. The first kappa shape index (κ1) is 31.5. The Bertz CT molecular complexity index is 2090.